The van der Waals surface area contributed by atoms with Crippen molar-refractivity contribution in [3.63, 3.8) is 0 Å². The van der Waals surface area contributed by atoms with Crippen LogP contribution in [0.25, 0.3) is 0 Å². The van der Waals surface area contributed by atoms with Crippen LogP contribution in [0.1, 0.15) is 6.92 Å². The highest BCUT2D eigenvalue weighted by Crippen LogP contribution is 2.38. The summed E-state index contributed by atoms with van der Waals surface area (Å²) in [6, 6.07) is 4.63. The lowest BCUT2D eigenvalue weighted by molar-refractivity contribution is -0.390. The van der Waals surface area contributed by atoms with Gasteiger partial charge in [-0.3, -0.25) is 4.79 Å². The molecule has 2 rings (SSSR count). The Hall–Kier alpha value is -2.48. The quantitative estimate of drug-likeness (QED) is 0.486. The van der Waals surface area contributed by atoms with Gasteiger partial charge in [-0.05, 0) is 35.0 Å². The summed E-state index contributed by atoms with van der Waals surface area (Å²) >= 11 is 11.8. The Balaban J connectivity index is 2.47. The molecule has 2 N–H and O–H groups in total. The summed E-state index contributed by atoms with van der Waals surface area (Å²) in [4.78, 5) is 24.4. The monoisotopic (exact) mass is 487 g/mol. The van der Waals surface area contributed by atoms with E-state index in [9.17, 15) is 41.6 Å². The van der Waals surface area contributed by atoms with Crippen LogP contribution in [-0.2, 0) is 14.6 Å². The van der Waals surface area contributed by atoms with Crippen molar-refractivity contribution in [3.8, 4) is 0 Å². The average molecular weight is 488 g/mol. The highest BCUT2D eigenvalue weighted by atomic mass is 35.5. The lowest BCUT2D eigenvalue weighted by Crippen LogP contribution is -2.52. The van der Waals surface area contributed by atoms with Crippen molar-refractivity contribution in [1.29, 1.82) is 0 Å². The summed E-state index contributed by atoms with van der Waals surface area (Å²) in [6.07, 6.45) is -5.30. The van der Waals surface area contributed by atoms with Gasteiger partial charge < -0.3 is 20.5 Å². The van der Waals surface area contributed by atoms with Crippen LogP contribution in [0.4, 0.5) is 24.7 Å². The van der Waals surface area contributed by atoms with E-state index in [0.717, 1.165) is 30.3 Å². The summed E-state index contributed by atoms with van der Waals surface area (Å²) in [5, 5.41) is 19.8. The van der Waals surface area contributed by atoms with Crippen molar-refractivity contribution in [1.82, 2.24) is 4.98 Å². The van der Waals surface area contributed by atoms with Gasteiger partial charge in [0, 0.05) is 12.1 Å². The number of halogens is 5. The molecule has 0 aliphatic rings. The second-order valence-electron chi connectivity index (χ2n) is 5.86. The zero-order chi connectivity index (χ0) is 23.1. The molecule has 1 amide bonds. The summed E-state index contributed by atoms with van der Waals surface area (Å²) < 4.78 is 63.7. The second kappa shape index (κ2) is 7.98. The Kier molecular flexibility index (Phi) is 6.33. The number of sulfone groups is 1. The van der Waals surface area contributed by atoms with Gasteiger partial charge in [0.25, 0.3) is 10.9 Å². The van der Waals surface area contributed by atoms with Crippen LogP contribution in [0.2, 0.25) is 10.0 Å². The minimum absolute atomic E-state index is 0.213. The van der Waals surface area contributed by atoms with E-state index in [1.54, 1.807) is 5.32 Å². The molecule has 0 saturated carbocycles. The van der Waals surface area contributed by atoms with Crippen molar-refractivity contribution in [2.45, 2.75) is 28.6 Å². The molecule has 2 aromatic rings. The predicted octanol–water partition coefficient (Wildman–Crippen LogP) is 3.38. The van der Waals surface area contributed by atoms with E-state index in [-0.39, 0.29) is 6.92 Å². The molecule has 15 heteroatoms. The minimum atomic E-state index is -5.30. The highest BCUT2D eigenvalue weighted by Gasteiger charge is 2.55. The number of amides is 1. The van der Waals surface area contributed by atoms with E-state index in [1.165, 1.54) is 0 Å². The maximum atomic E-state index is 12.8. The number of benzene rings is 1. The number of nitrogens with one attached hydrogen (secondary N) is 1. The van der Waals surface area contributed by atoms with Crippen molar-refractivity contribution in [2.75, 3.05) is 5.32 Å². The molecule has 162 valence electrons. The zero-order valence-corrected chi connectivity index (χ0v) is 16.9. The van der Waals surface area contributed by atoms with Gasteiger partial charge in [-0.15, -0.1) is 0 Å². The van der Waals surface area contributed by atoms with Crippen LogP contribution in [0, 0.1) is 10.1 Å². The standard InChI is InChI=1S/C15H10Cl2F3N3O6S/c1-14(25,15(18,19)20)13(24)21-7-5-6-8(12(17)11(7)16)30(28,29)10-4-2-3-9(22-10)23(26)27/h2-6,25H,1H3,(H,21,24)/t14-/m1/s1. The molecule has 0 fully saturated rings. The van der Waals surface area contributed by atoms with Crippen molar-refractivity contribution >= 4 is 50.5 Å². The molecule has 1 atom stereocenters. The van der Waals surface area contributed by atoms with Gasteiger partial charge in [0.05, 0.1) is 20.6 Å². The maximum Gasteiger partial charge on any atom is 0.426 e. The molecule has 1 aromatic carbocycles. The molecule has 0 aliphatic heterocycles. The van der Waals surface area contributed by atoms with Crippen molar-refractivity contribution in [2.24, 2.45) is 0 Å². The van der Waals surface area contributed by atoms with Crippen LogP contribution >= 0.6 is 23.2 Å². The number of hydrogen-bond acceptors (Lipinski definition) is 7. The predicted molar refractivity (Wildman–Crippen MR) is 98.1 cm³/mol. The van der Waals surface area contributed by atoms with Gasteiger partial charge in [-0.1, -0.05) is 23.2 Å². The van der Waals surface area contributed by atoms with E-state index in [2.05, 4.69) is 4.98 Å². The van der Waals surface area contributed by atoms with E-state index < -0.39 is 63.9 Å². The van der Waals surface area contributed by atoms with Gasteiger partial charge in [0.15, 0.2) is 0 Å². The Labute approximate surface area is 176 Å². The molecule has 30 heavy (non-hydrogen) atoms. The summed E-state index contributed by atoms with van der Waals surface area (Å²) in [7, 11) is -4.52. The smallest absolute Gasteiger partial charge is 0.373 e. The minimum Gasteiger partial charge on any atom is -0.373 e. The third-order valence-electron chi connectivity index (χ3n) is 3.75. The number of carbonyl (C=O) groups is 1. The first kappa shape index (κ1) is 23.8. The number of anilines is 1. The molecule has 0 aliphatic carbocycles. The highest BCUT2D eigenvalue weighted by molar-refractivity contribution is 7.91. The van der Waals surface area contributed by atoms with E-state index >= 15 is 0 Å². The molecule has 9 nitrogen and oxygen atoms in total. The molecule has 0 bridgehead atoms. The average Bonchev–Trinajstić information content (AvgIpc) is 2.64. The number of aromatic nitrogens is 1. The van der Waals surface area contributed by atoms with Gasteiger partial charge in [-0.2, -0.15) is 13.2 Å². The van der Waals surface area contributed by atoms with Gasteiger partial charge in [-0.25, -0.2) is 8.42 Å². The summed E-state index contributed by atoms with van der Waals surface area (Å²) in [6.45, 7) is 0.213. The van der Waals surface area contributed by atoms with E-state index in [1.807, 2.05) is 0 Å². The Morgan fingerprint density at radius 3 is 2.33 bits per heavy atom. The number of nitro groups is 1. The van der Waals surface area contributed by atoms with Crippen LogP contribution < -0.4 is 5.32 Å². The van der Waals surface area contributed by atoms with E-state index in [0.29, 0.717) is 0 Å². The fourth-order valence-corrected chi connectivity index (χ4v) is 4.00. The first-order chi connectivity index (χ1) is 13.6. The molecule has 0 radical (unpaired) electrons. The van der Waals surface area contributed by atoms with Gasteiger partial charge in [0.2, 0.25) is 15.4 Å². The molecule has 1 aromatic heterocycles. The van der Waals surface area contributed by atoms with Gasteiger partial charge in [0.1, 0.15) is 0 Å². The molecule has 0 unspecified atom stereocenters. The molecule has 0 saturated heterocycles. The fraction of sp³-hybridized carbons (Fsp3) is 0.200. The van der Waals surface area contributed by atoms with Crippen LogP contribution in [-0.4, -0.2) is 41.1 Å². The first-order valence-electron chi connectivity index (χ1n) is 7.55. The number of hydrogen-bond donors (Lipinski definition) is 2. The van der Waals surface area contributed by atoms with Crippen molar-refractivity contribution in [3.05, 3.63) is 50.5 Å². The lowest BCUT2D eigenvalue weighted by Gasteiger charge is -2.25. The first-order valence-corrected chi connectivity index (χ1v) is 9.79. The zero-order valence-electron chi connectivity index (χ0n) is 14.6. The number of rotatable bonds is 5. The molecular formula is C15H10Cl2F3N3O6S. The van der Waals surface area contributed by atoms with Crippen LogP contribution in [0.15, 0.2) is 40.3 Å². The van der Waals surface area contributed by atoms with Crippen LogP contribution in [0.3, 0.4) is 0 Å². The number of alkyl halides is 3. The van der Waals surface area contributed by atoms with Crippen molar-refractivity contribution < 1.29 is 36.4 Å². The summed E-state index contributed by atoms with van der Waals surface area (Å²) in [5.74, 6) is -2.64. The topological polar surface area (TPSA) is 140 Å². The molecule has 1 heterocycles. The Morgan fingerprint density at radius 1 is 1.20 bits per heavy atom. The second-order valence-corrected chi connectivity index (χ2v) is 8.48. The third-order valence-corrected chi connectivity index (χ3v) is 6.44. The lowest BCUT2D eigenvalue weighted by atomic mass is 10.1. The Morgan fingerprint density at radius 2 is 1.80 bits per heavy atom. The molecule has 0 spiro atoms. The van der Waals surface area contributed by atoms with Gasteiger partial charge >= 0.3 is 12.0 Å². The Bertz CT molecular complexity index is 1140. The normalized spacial score (nSPS) is 14.1. The number of nitrogens with zero attached hydrogens (tertiary/aromatic N) is 2. The third kappa shape index (κ3) is 4.33. The number of pyridine rings is 1. The number of aliphatic hydroxyl groups is 1. The maximum absolute atomic E-state index is 12.8. The SMILES string of the molecule is C[C@@](O)(C(=O)Nc1ccc(S(=O)(=O)c2cccc([N+](=O)[O-])n2)c(Cl)c1Cl)C(F)(F)F. The van der Waals surface area contributed by atoms with E-state index in [4.69, 9.17) is 23.2 Å². The summed E-state index contributed by atoms with van der Waals surface area (Å²) in [5.41, 5.74) is -4.28. The van der Waals surface area contributed by atoms with Crippen LogP contribution in [0.5, 0.6) is 0 Å². The largest absolute Gasteiger partial charge is 0.426 e. The fourth-order valence-electron chi connectivity index (χ4n) is 1.98. The molecular weight excluding hydrogens is 478 g/mol. The number of carbonyl (C=O) groups excluding carboxylic acids is 1.